The number of halogens is 2. The Labute approximate surface area is 99.3 Å². The zero-order valence-electron chi connectivity index (χ0n) is 7.92. The zero-order chi connectivity index (χ0) is 10.8. The highest BCUT2D eigenvalue weighted by atomic mass is 79.9. The Kier molecular flexibility index (Phi) is 3.02. The maximum absolute atomic E-state index is 13.6. The van der Waals surface area contributed by atoms with Crippen LogP contribution in [-0.4, -0.2) is 12.0 Å². The molecule has 0 saturated heterocycles. The number of rotatable bonds is 2. The number of benzene rings is 1. The van der Waals surface area contributed by atoms with Crippen LogP contribution in [0.25, 0.3) is 11.3 Å². The number of hydrogen-bond donors (Lipinski definition) is 1. The van der Waals surface area contributed by atoms with Gasteiger partial charge in [0.1, 0.15) is 5.82 Å². The molecule has 0 radical (unpaired) electrons. The summed E-state index contributed by atoms with van der Waals surface area (Å²) < 4.78 is 14.3. The van der Waals surface area contributed by atoms with Gasteiger partial charge < -0.3 is 5.32 Å². The summed E-state index contributed by atoms with van der Waals surface area (Å²) in [5.74, 6) is -0.266. The standard InChI is InChI=1S/C10H8BrFN2S/c1-13-10-14-9(5-15-10)7-3-2-6(11)4-8(7)12/h2-5H,1H3,(H,13,14). The Morgan fingerprint density at radius 2 is 2.27 bits per heavy atom. The van der Waals surface area contributed by atoms with Crippen molar-refractivity contribution >= 4 is 32.4 Å². The van der Waals surface area contributed by atoms with Crippen molar-refractivity contribution in [2.24, 2.45) is 0 Å². The summed E-state index contributed by atoms with van der Waals surface area (Å²) in [6.07, 6.45) is 0. The van der Waals surface area contributed by atoms with Crippen LogP contribution in [0.4, 0.5) is 9.52 Å². The lowest BCUT2D eigenvalue weighted by Gasteiger charge is -1.99. The molecule has 0 fully saturated rings. The van der Waals surface area contributed by atoms with Gasteiger partial charge in [0.05, 0.1) is 5.69 Å². The molecule has 2 rings (SSSR count). The molecule has 1 aromatic carbocycles. The molecule has 0 aliphatic heterocycles. The van der Waals surface area contributed by atoms with E-state index in [9.17, 15) is 4.39 Å². The van der Waals surface area contributed by atoms with Gasteiger partial charge >= 0.3 is 0 Å². The molecule has 0 saturated carbocycles. The first-order chi connectivity index (χ1) is 7.20. The minimum absolute atomic E-state index is 0.266. The van der Waals surface area contributed by atoms with Crippen molar-refractivity contribution in [1.82, 2.24) is 4.98 Å². The largest absolute Gasteiger partial charge is 0.365 e. The van der Waals surface area contributed by atoms with Gasteiger partial charge in [-0.3, -0.25) is 0 Å². The molecule has 15 heavy (non-hydrogen) atoms. The van der Waals surface area contributed by atoms with Gasteiger partial charge in [0.25, 0.3) is 0 Å². The van der Waals surface area contributed by atoms with Crippen LogP contribution in [0, 0.1) is 5.82 Å². The minimum Gasteiger partial charge on any atom is -0.365 e. The first kappa shape index (κ1) is 10.6. The van der Waals surface area contributed by atoms with Crippen LogP contribution < -0.4 is 5.32 Å². The van der Waals surface area contributed by atoms with Crippen molar-refractivity contribution in [1.29, 1.82) is 0 Å². The SMILES string of the molecule is CNc1nc(-c2ccc(Br)cc2F)cs1. The molecule has 0 unspecified atom stereocenters. The van der Waals surface area contributed by atoms with Crippen molar-refractivity contribution in [3.63, 3.8) is 0 Å². The van der Waals surface area contributed by atoms with Crippen LogP contribution in [0.1, 0.15) is 0 Å². The van der Waals surface area contributed by atoms with Crippen molar-refractivity contribution in [3.8, 4) is 11.3 Å². The number of aromatic nitrogens is 1. The lowest BCUT2D eigenvalue weighted by molar-refractivity contribution is 0.630. The summed E-state index contributed by atoms with van der Waals surface area (Å²) in [7, 11) is 1.79. The van der Waals surface area contributed by atoms with Gasteiger partial charge in [-0.25, -0.2) is 9.37 Å². The molecule has 0 atom stereocenters. The zero-order valence-corrected chi connectivity index (χ0v) is 10.3. The van der Waals surface area contributed by atoms with Gasteiger partial charge in [0.2, 0.25) is 0 Å². The Balaban J connectivity index is 2.44. The van der Waals surface area contributed by atoms with Gasteiger partial charge in [-0.15, -0.1) is 11.3 Å². The van der Waals surface area contributed by atoms with E-state index >= 15 is 0 Å². The highest BCUT2D eigenvalue weighted by Gasteiger charge is 2.08. The maximum Gasteiger partial charge on any atom is 0.182 e. The van der Waals surface area contributed by atoms with Crippen molar-refractivity contribution in [2.45, 2.75) is 0 Å². The number of thiazole rings is 1. The minimum atomic E-state index is -0.266. The van der Waals surface area contributed by atoms with Crippen LogP contribution in [0.3, 0.4) is 0 Å². The Bertz CT molecular complexity index is 484. The smallest absolute Gasteiger partial charge is 0.182 e. The van der Waals surface area contributed by atoms with Crippen molar-refractivity contribution in [3.05, 3.63) is 33.9 Å². The maximum atomic E-state index is 13.6. The second-order valence-electron chi connectivity index (χ2n) is 2.91. The topological polar surface area (TPSA) is 24.9 Å². The summed E-state index contributed by atoms with van der Waals surface area (Å²) in [6, 6.07) is 4.96. The van der Waals surface area contributed by atoms with Gasteiger partial charge in [-0.05, 0) is 18.2 Å². The van der Waals surface area contributed by atoms with E-state index in [1.165, 1.54) is 17.4 Å². The summed E-state index contributed by atoms with van der Waals surface area (Å²) >= 11 is 4.67. The third-order valence-electron chi connectivity index (χ3n) is 1.93. The molecule has 1 N–H and O–H groups in total. The molecule has 0 aliphatic rings. The molecule has 2 nitrogen and oxygen atoms in total. The predicted molar refractivity (Wildman–Crippen MR) is 64.8 cm³/mol. The average molecular weight is 287 g/mol. The van der Waals surface area contributed by atoms with E-state index < -0.39 is 0 Å². The number of hydrogen-bond acceptors (Lipinski definition) is 3. The second kappa shape index (κ2) is 4.28. The molecule has 78 valence electrons. The third kappa shape index (κ3) is 2.18. The van der Waals surface area contributed by atoms with Crippen LogP contribution in [0.5, 0.6) is 0 Å². The molecular formula is C10H8BrFN2S. The first-order valence-corrected chi connectivity index (χ1v) is 5.96. The monoisotopic (exact) mass is 286 g/mol. The fourth-order valence-corrected chi connectivity index (χ4v) is 2.21. The summed E-state index contributed by atoms with van der Waals surface area (Å²) in [6.45, 7) is 0. The third-order valence-corrected chi connectivity index (χ3v) is 3.28. The van der Waals surface area contributed by atoms with Gasteiger partial charge in [-0.2, -0.15) is 0 Å². The summed E-state index contributed by atoms with van der Waals surface area (Å²) in [5, 5.41) is 5.54. The highest BCUT2D eigenvalue weighted by molar-refractivity contribution is 9.10. The average Bonchev–Trinajstić information content (AvgIpc) is 2.66. The Morgan fingerprint density at radius 3 is 2.87 bits per heavy atom. The fraction of sp³-hybridized carbons (Fsp3) is 0.100. The van der Waals surface area contributed by atoms with Gasteiger partial charge in [-0.1, -0.05) is 15.9 Å². The van der Waals surface area contributed by atoms with Gasteiger partial charge in [0, 0.05) is 22.5 Å². The summed E-state index contributed by atoms with van der Waals surface area (Å²) in [5.41, 5.74) is 1.19. The Hall–Kier alpha value is -0.940. The van der Waals surface area contributed by atoms with Crippen LogP contribution in [0.2, 0.25) is 0 Å². The molecule has 1 heterocycles. The van der Waals surface area contributed by atoms with Crippen LogP contribution >= 0.6 is 27.3 Å². The number of nitrogens with zero attached hydrogens (tertiary/aromatic N) is 1. The van der Waals surface area contributed by atoms with E-state index in [2.05, 4.69) is 26.2 Å². The van der Waals surface area contributed by atoms with Crippen LogP contribution in [0.15, 0.2) is 28.1 Å². The Morgan fingerprint density at radius 1 is 1.47 bits per heavy atom. The van der Waals surface area contributed by atoms with E-state index in [4.69, 9.17) is 0 Å². The highest BCUT2D eigenvalue weighted by Crippen LogP contribution is 2.28. The molecule has 0 aliphatic carbocycles. The quantitative estimate of drug-likeness (QED) is 0.909. The van der Waals surface area contributed by atoms with E-state index in [1.54, 1.807) is 19.2 Å². The van der Waals surface area contributed by atoms with E-state index in [0.29, 0.717) is 11.3 Å². The first-order valence-electron chi connectivity index (χ1n) is 4.29. The van der Waals surface area contributed by atoms with E-state index in [1.807, 2.05) is 5.38 Å². The number of anilines is 1. The molecular weight excluding hydrogens is 279 g/mol. The van der Waals surface area contributed by atoms with Crippen molar-refractivity contribution < 1.29 is 4.39 Å². The van der Waals surface area contributed by atoms with Crippen LogP contribution in [-0.2, 0) is 0 Å². The normalized spacial score (nSPS) is 10.3. The molecule has 2 aromatic rings. The fourth-order valence-electron chi connectivity index (χ4n) is 1.21. The molecule has 5 heteroatoms. The van der Waals surface area contributed by atoms with Crippen molar-refractivity contribution in [2.75, 3.05) is 12.4 Å². The molecule has 0 bridgehead atoms. The second-order valence-corrected chi connectivity index (χ2v) is 4.69. The van der Waals surface area contributed by atoms with E-state index in [0.717, 1.165) is 9.60 Å². The molecule has 0 spiro atoms. The lowest BCUT2D eigenvalue weighted by atomic mass is 10.2. The lowest BCUT2D eigenvalue weighted by Crippen LogP contribution is -1.88. The summed E-state index contributed by atoms with van der Waals surface area (Å²) in [4.78, 5) is 4.24. The predicted octanol–water partition coefficient (Wildman–Crippen LogP) is 3.75. The molecule has 1 aromatic heterocycles. The molecule has 0 amide bonds. The van der Waals surface area contributed by atoms with Gasteiger partial charge in [0.15, 0.2) is 5.13 Å². The van der Waals surface area contributed by atoms with E-state index in [-0.39, 0.29) is 5.82 Å². The number of nitrogens with one attached hydrogen (secondary N) is 1.